The number of hydrogen-bond acceptors (Lipinski definition) is 3. The summed E-state index contributed by atoms with van der Waals surface area (Å²) < 4.78 is 11.1. The van der Waals surface area contributed by atoms with E-state index in [0.29, 0.717) is 12.1 Å². The van der Waals surface area contributed by atoms with Gasteiger partial charge >= 0.3 is 0 Å². The Bertz CT molecular complexity index is 279. The molecule has 5 heteroatoms. The van der Waals surface area contributed by atoms with Gasteiger partial charge in [-0.15, -0.1) is 0 Å². The average molecular weight is 313 g/mol. The van der Waals surface area contributed by atoms with Crippen molar-refractivity contribution in [3.63, 3.8) is 0 Å². The molecule has 1 atom stereocenters. The van der Waals surface area contributed by atoms with E-state index in [-0.39, 0.29) is 0 Å². The Labute approximate surface area is 136 Å². The molecule has 1 aliphatic rings. The minimum Gasteiger partial charge on any atom is -0.379 e. The van der Waals surface area contributed by atoms with E-state index in [1.807, 2.05) is 0 Å². The summed E-state index contributed by atoms with van der Waals surface area (Å²) in [5.74, 6) is 0.563. The molecule has 1 fully saturated rings. The summed E-state index contributed by atoms with van der Waals surface area (Å²) in [5, 5.41) is 3.18. The maximum absolute atomic E-state index is 5.83. The molecule has 3 N–H and O–H groups in total. The van der Waals surface area contributed by atoms with Crippen molar-refractivity contribution in [2.75, 3.05) is 32.9 Å². The Hall–Kier alpha value is -0.810. The van der Waals surface area contributed by atoms with Crippen molar-refractivity contribution in [3.05, 3.63) is 0 Å². The topological polar surface area (TPSA) is 68.9 Å². The molecule has 1 rings (SSSR count). The summed E-state index contributed by atoms with van der Waals surface area (Å²) in [6.07, 6.45) is 11.3. The molecule has 0 aromatic heterocycles. The summed E-state index contributed by atoms with van der Waals surface area (Å²) >= 11 is 0. The highest BCUT2D eigenvalue weighted by molar-refractivity contribution is 5.77. The smallest absolute Gasteiger partial charge is 0.188 e. The number of unbranched alkanes of at least 4 members (excludes halogenated alkanes) is 5. The minimum absolute atomic E-state index is 0.313. The number of rotatable bonds is 13. The molecule has 0 spiro atoms. The second-order valence-electron chi connectivity index (χ2n) is 6.03. The van der Waals surface area contributed by atoms with Crippen LogP contribution in [-0.4, -0.2) is 45.0 Å². The van der Waals surface area contributed by atoms with Crippen LogP contribution in [0.15, 0.2) is 4.99 Å². The summed E-state index contributed by atoms with van der Waals surface area (Å²) in [4.78, 5) is 4.31. The third-order valence-electron chi connectivity index (χ3n) is 3.89. The number of hydrogen-bond donors (Lipinski definition) is 2. The molecule has 0 aliphatic carbocycles. The molecule has 22 heavy (non-hydrogen) atoms. The molecule has 0 amide bonds. The van der Waals surface area contributed by atoms with Gasteiger partial charge in [0.05, 0.1) is 12.7 Å². The van der Waals surface area contributed by atoms with Gasteiger partial charge < -0.3 is 20.5 Å². The normalized spacial score (nSPS) is 18.8. The first-order valence-electron chi connectivity index (χ1n) is 9.06. The average Bonchev–Trinajstić information content (AvgIpc) is 3.03. The number of nitrogens with zero attached hydrogens (tertiary/aromatic N) is 1. The molecular formula is C17H35N3O2. The van der Waals surface area contributed by atoms with E-state index in [2.05, 4.69) is 17.2 Å². The van der Waals surface area contributed by atoms with Crippen LogP contribution in [0.4, 0.5) is 0 Å². The van der Waals surface area contributed by atoms with Crippen LogP contribution in [-0.2, 0) is 9.47 Å². The van der Waals surface area contributed by atoms with Crippen LogP contribution in [0.25, 0.3) is 0 Å². The Morgan fingerprint density at radius 1 is 1.23 bits per heavy atom. The maximum atomic E-state index is 5.83. The van der Waals surface area contributed by atoms with Gasteiger partial charge in [0.25, 0.3) is 0 Å². The Kier molecular flexibility index (Phi) is 12.1. The van der Waals surface area contributed by atoms with Gasteiger partial charge in [-0.3, -0.25) is 4.99 Å². The van der Waals surface area contributed by atoms with Gasteiger partial charge in [-0.2, -0.15) is 0 Å². The zero-order valence-corrected chi connectivity index (χ0v) is 14.3. The summed E-state index contributed by atoms with van der Waals surface area (Å²) in [6, 6.07) is 0. The lowest BCUT2D eigenvalue weighted by molar-refractivity contribution is 0.0171. The molecule has 0 bridgehead atoms. The molecule has 0 saturated carbocycles. The van der Waals surface area contributed by atoms with E-state index in [1.165, 1.54) is 44.9 Å². The van der Waals surface area contributed by atoms with Crippen molar-refractivity contribution in [2.24, 2.45) is 10.7 Å². The zero-order valence-electron chi connectivity index (χ0n) is 14.3. The predicted octanol–water partition coefficient (Wildman–Crippen LogP) is 2.84. The number of nitrogens with one attached hydrogen (secondary N) is 1. The van der Waals surface area contributed by atoms with E-state index in [4.69, 9.17) is 15.2 Å². The molecule has 5 nitrogen and oxygen atoms in total. The van der Waals surface area contributed by atoms with Crippen molar-refractivity contribution < 1.29 is 9.47 Å². The van der Waals surface area contributed by atoms with Crippen LogP contribution in [0.2, 0.25) is 0 Å². The number of nitrogens with two attached hydrogens (primary N) is 1. The standard InChI is InChI=1S/C17H35N3O2/c1-2-3-4-5-6-7-11-19-17(18)20-12-9-13-21-15-16-10-8-14-22-16/h16H,2-15H2,1H3,(H3,18,19,20). The third-order valence-corrected chi connectivity index (χ3v) is 3.89. The molecule has 0 aromatic carbocycles. The van der Waals surface area contributed by atoms with Crippen LogP contribution >= 0.6 is 0 Å². The van der Waals surface area contributed by atoms with E-state index in [9.17, 15) is 0 Å². The molecule has 0 radical (unpaired) electrons. The minimum atomic E-state index is 0.313. The fourth-order valence-electron chi connectivity index (χ4n) is 2.53. The first kappa shape index (κ1) is 19.2. The molecular weight excluding hydrogens is 278 g/mol. The highest BCUT2D eigenvalue weighted by Crippen LogP contribution is 2.11. The summed E-state index contributed by atoms with van der Waals surface area (Å²) in [6.45, 7) is 6.23. The fraction of sp³-hybridized carbons (Fsp3) is 0.941. The van der Waals surface area contributed by atoms with Crippen molar-refractivity contribution in [1.29, 1.82) is 0 Å². The lowest BCUT2D eigenvalue weighted by Crippen LogP contribution is -2.32. The molecule has 1 aliphatic heterocycles. The number of aliphatic imine (C=N–C) groups is 1. The van der Waals surface area contributed by atoms with Gasteiger partial charge in [0, 0.05) is 26.3 Å². The van der Waals surface area contributed by atoms with Gasteiger partial charge in [0.2, 0.25) is 0 Å². The monoisotopic (exact) mass is 313 g/mol. The van der Waals surface area contributed by atoms with Crippen molar-refractivity contribution >= 4 is 5.96 Å². The summed E-state index contributed by atoms with van der Waals surface area (Å²) in [7, 11) is 0. The quantitative estimate of drug-likeness (QED) is 0.312. The van der Waals surface area contributed by atoms with Crippen LogP contribution in [0.1, 0.15) is 64.7 Å². The van der Waals surface area contributed by atoms with Gasteiger partial charge in [-0.25, -0.2) is 0 Å². The first-order chi connectivity index (χ1) is 10.8. The lowest BCUT2D eigenvalue weighted by atomic mass is 10.1. The van der Waals surface area contributed by atoms with Gasteiger partial charge in [-0.1, -0.05) is 39.0 Å². The van der Waals surface area contributed by atoms with E-state index >= 15 is 0 Å². The molecule has 1 heterocycles. The van der Waals surface area contributed by atoms with Crippen molar-refractivity contribution in [3.8, 4) is 0 Å². The van der Waals surface area contributed by atoms with E-state index in [0.717, 1.165) is 45.8 Å². The molecule has 0 aromatic rings. The number of guanidine groups is 1. The molecule has 1 unspecified atom stereocenters. The fourth-order valence-corrected chi connectivity index (χ4v) is 2.53. The molecule has 130 valence electrons. The van der Waals surface area contributed by atoms with Gasteiger partial charge in [0.1, 0.15) is 0 Å². The Morgan fingerprint density at radius 2 is 2.05 bits per heavy atom. The summed E-state index contributed by atoms with van der Waals surface area (Å²) in [5.41, 5.74) is 5.83. The van der Waals surface area contributed by atoms with Crippen LogP contribution < -0.4 is 11.1 Å². The largest absolute Gasteiger partial charge is 0.379 e. The van der Waals surface area contributed by atoms with E-state index < -0.39 is 0 Å². The predicted molar refractivity (Wildman–Crippen MR) is 92.3 cm³/mol. The molecule has 1 saturated heterocycles. The van der Waals surface area contributed by atoms with Crippen LogP contribution in [0.3, 0.4) is 0 Å². The van der Waals surface area contributed by atoms with Gasteiger partial charge in [-0.05, 0) is 25.7 Å². The third kappa shape index (κ3) is 10.9. The van der Waals surface area contributed by atoms with Crippen molar-refractivity contribution in [2.45, 2.75) is 70.8 Å². The maximum Gasteiger partial charge on any atom is 0.188 e. The SMILES string of the molecule is CCCCCCCCNC(N)=NCCCOCC1CCCO1. The van der Waals surface area contributed by atoms with Gasteiger partial charge in [0.15, 0.2) is 5.96 Å². The highest BCUT2D eigenvalue weighted by Gasteiger charge is 2.14. The number of ether oxygens (including phenoxy) is 2. The Balaban J connectivity index is 1.83. The lowest BCUT2D eigenvalue weighted by Gasteiger charge is -2.09. The second-order valence-corrected chi connectivity index (χ2v) is 6.03. The zero-order chi connectivity index (χ0) is 15.9. The van der Waals surface area contributed by atoms with E-state index in [1.54, 1.807) is 0 Å². The second kappa shape index (κ2) is 13.8. The Morgan fingerprint density at radius 3 is 2.82 bits per heavy atom. The van der Waals surface area contributed by atoms with Crippen LogP contribution in [0, 0.1) is 0 Å². The van der Waals surface area contributed by atoms with Crippen LogP contribution in [0.5, 0.6) is 0 Å². The highest BCUT2D eigenvalue weighted by atomic mass is 16.5. The first-order valence-corrected chi connectivity index (χ1v) is 9.06. The van der Waals surface area contributed by atoms with Crippen molar-refractivity contribution in [1.82, 2.24) is 5.32 Å².